The van der Waals surface area contributed by atoms with E-state index >= 15 is 0 Å². The fourth-order valence-electron chi connectivity index (χ4n) is 4.64. The van der Waals surface area contributed by atoms with Gasteiger partial charge in [0.15, 0.2) is 5.69 Å². The van der Waals surface area contributed by atoms with E-state index in [4.69, 9.17) is 9.47 Å². The fraction of sp³-hybridized carbons (Fsp3) is 0.323. The second-order valence-corrected chi connectivity index (χ2v) is 10.2. The average Bonchev–Trinajstić information content (AvgIpc) is 2.99. The summed E-state index contributed by atoms with van der Waals surface area (Å²) in [5, 5.41) is 26.6. The number of carbonyl (C=O) groups is 4. The lowest BCUT2D eigenvalue weighted by Gasteiger charge is -2.33. The number of rotatable bonds is 6. The van der Waals surface area contributed by atoms with E-state index in [1.54, 1.807) is 54.6 Å². The summed E-state index contributed by atoms with van der Waals surface area (Å²) in [6.07, 6.45) is -2.62. The zero-order chi connectivity index (χ0) is 30.2. The Hall–Kier alpha value is -4.77. The summed E-state index contributed by atoms with van der Waals surface area (Å²) in [7, 11) is 0. The molecule has 42 heavy (non-hydrogen) atoms. The van der Waals surface area contributed by atoms with E-state index in [-0.39, 0.29) is 18.5 Å². The quantitative estimate of drug-likeness (QED) is 0.320. The van der Waals surface area contributed by atoms with Crippen LogP contribution >= 0.6 is 0 Å². The Bertz CT molecular complexity index is 1400. The lowest BCUT2D eigenvalue weighted by Crippen LogP contribution is -2.59. The van der Waals surface area contributed by atoms with Gasteiger partial charge in [-0.2, -0.15) is 0 Å². The smallest absolute Gasteiger partial charge is 0.348 e. The van der Waals surface area contributed by atoms with Crippen molar-refractivity contribution in [1.82, 2.24) is 15.6 Å². The van der Waals surface area contributed by atoms with Crippen molar-refractivity contribution in [1.29, 1.82) is 0 Å². The van der Waals surface area contributed by atoms with Gasteiger partial charge in [0.2, 0.25) is 12.0 Å². The lowest BCUT2D eigenvalue weighted by molar-refractivity contribution is -0.177. The summed E-state index contributed by atoms with van der Waals surface area (Å²) < 4.78 is 11.2. The van der Waals surface area contributed by atoms with Crippen molar-refractivity contribution in [3.8, 4) is 5.75 Å². The molecule has 6 atom stereocenters. The molecule has 4 N–H and O–H groups in total. The first-order chi connectivity index (χ1) is 20.1. The van der Waals surface area contributed by atoms with Gasteiger partial charge in [0.05, 0.1) is 18.1 Å². The van der Waals surface area contributed by atoms with E-state index in [1.807, 2.05) is 6.07 Å². The van der Waals surface area contributed by atoms with Crippen LogP contribution in [0.1, 0.15) is 35.5 Å². The van der Waals surface area contributed by atoms with Crippen LogP contribution in [-0.2, 0) is 36.7 Å². The summed E-state index contributed by atoms with van der Waals surface area (Å²) >= 11 is 0. The third kappa shape index (κ3) is 7.49. The van der Waals surface area contributed by atoms with Crippen LogP contribution < -0.4 is 10.6 Å². The number of esters is 2. The van der Waals surface area contributed by atoms with Crippen molar-refractivity contribution in [2.75, 3.05) is 0 Å². The Balaban J connectivity index is 1.69. The Morgan fingerprint density at radius 3 is 2.12 bits per heavy atom. The van der Waals surface area contributed by atoms with E-state index in [9.17, 15) is 29.4 Å². The van der Waals surface area contributed by atoms with Gasteiger partial charge in [0.25, 0.3) is 5.91 Å². The molecule has 220 valence electrons. The molecule has 2 aromatic carbocycles. The van der Waals surface area contributed by atoms with Crippen LogP contribution in [0, 0.1) is 5.92 Å². The summed E-state index contributed by atoms with van der Waals surface area (Å²) in [6.45, 7) is 2.85. The van der Waals surface area contributed by atoms with Crippen molar-refractivity contribution >= 4 is 23.8 Å². The largest absolute Gasteiger partial charge is 0.505 e. The maximum absolute atomic E-state index is 13.7. The van der Waals surface area contributed by atoms with Crippen LogP contribution in [-0.4, -0.2) is 69.3 Å². The Kier molecular flexibility index (Phi) is 9.87. The van der Waals surface area contributed by atoms with Gasteiger partial charge in [0.1, 0.15) is 17.9 Å². The number of hydrogen-bond donors (Lipinski definition) is 4. The van der Waals surface area contributed by atoms with E-state index in [2.05, 4.69) is 15.6 Å². The van der Waals surface area contributed by atoms with E-state index in [0.717, 1.165) is 5.56 Å². The second-order valence-electron chi connectivity index (χ2n) is 10.2. The van der Waals surface area contributed by atoms with Gasteiger partial charge >= 0.3 is 11.9 Å². The number of aromatic hydroxyl groups is 1. The number of aromatic nitrogens is 1. The zero-order valence-electron chi connectivity index (χ0n) is 23.2. The average molecular weight is 576 g/mol. The molecular formula is C31H33N3O8. The molecule has 4 rings (SSSR count). The fourth-order valence-corrected chi connectivity index (χ4v) is 4.64. The van der Waals surface area contributed by atoms with Crippen LogP contribution in [0.3, 0.4) is 0 Å². The van der Waals surface area contributed by atoms with Crippen LogP contribution in [0.25, 0.3) is 0 Å². The topological polar surface area (TPSA) is 164 Å². The first-order valence-electron chi connectivity index (χ1n) is 13.6. The Labute approximate surface area is 242 Å². The molecule has 2 heterocycles. The van der Waals surface area contributed by atoms with Crippen LogP contribution in [0.15, 0.2) is 79.0 Å². The van der Waals surface area contributed by atoms with E-state index in [0.29, 0.717) is 5.56 Å². The number of hydrogen-bond acceptors (Lipinski definition) is 9. The third-order valence-corrected chi connectivity index (χ3v) is 7.05. The molecule has 3 aromatic rings. The highest BCUT2D eigenvalue weighted by Crippen LogP contribution is 2.20. The minimum atomic E-state index is -1.46. The molecule has 2 amide bonds. The Morgan fingerprint density at radius 2 is 1.50 bits per heavy atom. The summed E-state index contributed by atoms with van der Waals surface area (Å²) in [5.74, 6) is -4.98. The first kappa shape index (κ1) is 30.2. The van der Waals surface area contributed by atoms with Gasteiger partial charge in [-0.3, -0.25) is 14.4 Å². The number of nitrogens with zero attached hydrogens (tertiary/aromatic N) is 1. The maximum atomic E-state index is 13.7. The van der Waals surface area contributed by atoms with Gasteiger partial charge < -0.3 is 30.3 Å². The van der Waals surface area contributed by atoms with Gasteiger partial charge in [0, 0.05) is 12.6 Å². The molecule has 1 saturated heterocycles. The van der Waals surface area contributed by atoms with Crippen LogP contribution in [0.2, 0.25) is 0 Å². The predicted molar refractivity (Wildman–Crippen MR) is 150 cm³/mol. The van der Waals surface area contributed by atoms with Gasteiger partial charge in [-0.1, -0.05) is 60.7 Å². The number of cyclic esters (lactones) is 2. The SMILES string of the molecule is CC1OC(=O)C(Cc2ccccc2)OC(=O)C(C)C(O)C(Cc2ccccc2)NC(=O)C1NC(=O)c1ncccc1O. The molecule has 0 radical (unpaired) electrons. The maximum Gasteiger partial charge on any atom is 0.348 e. The first-order valence-corrected chi connectivity index (χ1v) is 13.6. The molecule has 1 aromatic heterocycles. The van der Waals surface area contributed by atoms with Crippen LogP contribution in [0.5, 0.6) is 5.75 Å². The number of aliphatic hydroxyl groups is 1. The molecule has 0 spiro atoms. The van der Waals surface area contributed by atoms with E-state index < -0.39 is 65.8 Å². The number of nitrogens with one attached hydrogen (secondary N) is 2. The van der Waals surface area contributed by atoms with E-state index in [1.165, 1.54) is 32.2 Å². The normalized spacial score (nSPS) is 25.2. The molecule has 1 fully saturated rings. The molecule has 11 heteroatoms. The van der Waals surface area contributed by atoms with Gasteiger partial charge in [-0.25, -0.2) is 9.78 Å². The Morgan fingerprint density at radius 1 is 0.881 bits per heavy atom. The number of carbonyl (C=O) groups excluding carboxylic acids is 4. The van der Waals surface area contributed by atoms with Crippen molar-refractivity contribution in [3.05, 3.63) is 95.8 Å². The number of aliphatic hydroxyl groups excluding tert-OH is 1. The minimum absolute atomic E-state index is 0.0145. The monoisotopic (exact) mass is 575 g/mol. The number of amides is 2. The predicted octanol–water partition coefficient (Wildman–Crippen LogP) is 1.71. The highest BCUT2D eigenvalue weighted by molar-refractivity contribution is 5.98. The van der Waals surface area contributed by atoms with Gasteiger partial charge in [-0.15, -0.1) is 0 Å². The molecule has 1 aliphatic heterocycles. The molecular weight excluding hydrogens is 542 g/mol. The third-order valence-electron chi connectivity index (χ3n) is 7.05. The van der Waals surface area contributed by atoms with Crippen molar-refractivity contribution in [3.63, 3.8) is 0 Å². The molecule has 0 aliphatic carbocycles. The second kappa shape index (κ2) is 13.7. The molecule has 11 nitrogen and oxygen atoms in total. The summed E-state index contributed by atoms with van der Waals surface area (Å²) in [6, 6.07) is 18.1. The van der Waals surface area contributed by atoms with Crippen molar-refractivity contribution in [2.24, 2.45) is 5.92 Å². The number of pyridine rings is 1. The van der Waals surface area contributed by atoms with Gasteiger partial charge in [-0.05, 0) is 43.5 Å². The summed E-state index contributed by atoms with van der Waals surface area (Å²) in [4.78, 5) is 57.0. The standard InChI is InChI=1S/C31H33N3O8/c1-18-27(36)22(16-20-10-5-3-6-11-20)33-28(37)25(34-29(38)26-23(35)14-9-15-32-26)19(2)41-31(40)24(42-30(18)39)17-21-12-7-4-8-13-21/h3-15,18-19,22,24-25,27,35-36H,16-17H2,1-2H3,(H,33,37)(H,34,38). The van der Waals surface area contributed by atoms with Crippen LogP contribution in [0.4, 0.5) is 0 Å². The van der Waals surface area contributed by atoms with Crippen molar-refractivity contribution in [2.45, 2.75) is 57.1 Å². The number of benzene rings is 2. The zero-order valence-corrected chi connectivity index (χ0v) is 23.2. The molecule has 0 bridgehead atoms. The highest BCUT2D eigenvalue weighted by atomic mass is 16.6. The summed E-state index contributed by atoms with van der Waals surface area (Å²) in [5.41, 5.74) is 1.13. The molecule has 6 unspecified atom stereocenters. The highest BCUT2D eigenvalue weighted by Gasteiger charge is 2.40. The minimum Gasteiger partial charge on any atom is -0.505 e. The molecule has 0 saturated carbocycles. The molecule has 1 aliphatic rings. The number of ether oxygens (including phenoxy) is 2. The lowest BCUT2D eigenvalue weighted by atomic mass is 9.92. The van der Waals surface area contributed by atoms with Crippen molar-refractivity contribution < 1.29 is 38.9 Å².